The van der Waals surface area contributed by atoms with Crippen LogP contribution in [0.4, 0.5) is 0 Å². The minimum absolute atomic E-state index is 0.676. The van der Waals surface area contributed by atoms with Crippen LogP contribution in [0.2, 0.25) is 0 Å². The molecular weight excluding hydrogens is 144 g/mol. The van der Waals surface area contributed by atoms with Crippen LogP contribution < -0.4 is 0 Å². The molecule has 0 atom stereocenters. The van der Waals surface area contributed by atoms with Crippen molar-refractivity contribution in [3.05, 3.63) is 22.5 Å². The zero-order valence-electron chi connectivity index (χ0n) is 6.51. The fourth-order valence-electron chi connectivity index (χ4n) is 0.414. The number of aromatic amines is 1. The number of hydrogen-bond donors (Lipinski definition) is 1. The van der Waals surface area contributed by atoms with Crippen molar-refractivity contribution in [2.75, 3.05) is 0 Å². The maximum absolute atomic E-state index is 4.75. The molecule has 0 saturated heterocycles. The summed E-state index contributed by atoms with van der Waals surface area (Å²) in [5, 5.41) is 6.51. The molecule has 1 N–H and O–H groups in total. The maximum atomic E-state index is 4.75. The molecule has 0 unspecified atom stereocenters. The third kappa shape index (κ3) is 3.35. The molecule has 56 valence electrons. The Bertz CT molecular complexity index is 209. The average Bonchev–Trinajstić information content (AvgIpc) is 2.00. The summed E-state index contributed by atoms with van der Waals surface area (Å²) in [4.78, 5) is 0. The van der Waals surface area contributed by atoms with Gasteiger partial charge in [-0.05, 0) is 19.1 Å². The quantitative estimate of drug-likeness (QED) is 0.584. The van der Waals surface area contributed by atoms with Crippen molar-refractivity contribution >= 4 is 12.2 Å². The SMILES string of the molecule is CC.Cc1ccc(=S)[nH]n1. The number of H-pyrrole nitrogens is 1. The van der Waals surface area contributed by atoms with Gasteiger partial charge in [-0.15, -0.1) is 0 Å². The fourth-order valence-corrected chi connectivity index (χ4v) is 0.528. The number of rotatable bonds is 0. The van der Waals surface area contributed by atoms with Crippen LogP contribution in [0, 0.1) is 11.6 Å². The number of aryl methyl sites for hydroxylation is 1. The van der Waals surface area contributed by atoms with Gasteiger partial charge in [-0.25, -0.2) is 0 Å². The van der Waals surface area contributed by atoms with Gasteiger partial charge in [0.2, 0.25) is 0 Å². The Hall–Kier alpha value is -0.700. The summed E-state index contributed by atoms with van der Waals surface area (Å²) < 4.78 is 0.676. The van der Waals surface area contributed by atoms with Gasteiger partial charge in [0, 0.05) is 0 Å². The normalized spacial score (nSPS) is 7.90. The summed E-state index contributed by atoms with van der Waals surface area (Å²) in [5.41, 5.74) is 0.957. The summed E-state index contributed by atoms with van der Waals surface area (Å²) in [6.45, 7) is 5.91. The van der Waals surface area contributed by atoms with Crippen LogP contribution >= 0.6 is 12.2 Å². The monoisotopic (exact) mass is 156 g/mol. The van der Waals surface area contributed by atoms with E-state index in [0.29, 0.717) is 4.64 Å². The molecule has 2 nitrogen and oxygen atoms in total. The lowest BCUT2D eigenvalue weighted by Crippen LogP contribution is -1.82. The summed E-state index contributed by atoms with van der Waals surface area (Å²) >= 11 is 4.75. The van der Waals surface area contributed by atoms with Crippen LogP contribution in [-0.2, 0) is 0 Å². The molecule has 0 aliphatic rings. The Kier molecular flexibility index (Phi) is 4.76. The largest absolute Gasteiger partial charge is 0.268 e. The molecule has 0 radical (unpaired) electrons. The van der Waals surface area contributed by atoms with Crippen LogP contribution in [0.1, 0.15) is 19.5 Å². The highest BCUT2D eigenvalue weighted by Crippen LogP contribution is 1.86. The summed E-state index contributed by atoms with van der Waals surface area (Å²) in [6.07, 6.45) is 0. The highest BCUT2D eigenvalue weighted by Gasteiger charge is 1.77. The van der Waals surface area contributed by atoms with E-state index in [1.165, 1.54) is 0 Å². The highest BCUT2D eigenvalue weighted by atomic mass is 32.1. The van der Waals surface area contributed by atoms with Gasteiger partial charge in [0.25, 0.3) is 0 Å². The molecule has 0 spiro atoms. The van der Waals surface area contributed by atoms with E-state index >= 15 is 0 Å². The number of nitrogens with one attached hydrogen (secondary N) is 1. The lowest BCUT2D eigenvalue weighted by atomic mass is 10.4. The van der Waals surface area contributed by atoms with Gasteiger partial charge in [-0.2, -0.15) is 5.10 Å². The molecule has 10 heavy (non-hydrogen) atoms. The number of hydrogen-bond acceptors (Lipinski definition) is 2. The van der Waals surface area contributed by atoms with Crippen molar-refractivity contribution < 1.29 is 0 Å². The van der Waals surface area contributed by atoms with Crippen LogP contribution in [-0.4, -0.2) is 10.2 Å². The Labute approximate surface area is 66.3 Å². The van der Waals surface area contributed by atoms with Gasteiger partial charge in [-0.1, -0.05) is 26.1 Å². The van der Waals surface area contributed by atoms with Gasteiger partial charge in [0.05, 0.1) is 5.69 Å². The summed E-state index contributed by atoms with van der Waals surface area (Å²) in [7, 11) is 0. The first-order chi connectivity index (χ1) is 4.79. The van der Waals surface area contributed by atoms with Gasteiger partial charge >= 0.3 is 0 Å². The molecule has 0 aromatic carbocycles. The zero-order chi connectivity index (χ0) is 7.98. The summed E-state index contributed by atoms with van der Waals surface area (Å²) in [6, 6.07) is 3.69. The topological polar surface area (TPSA) is 28.7 Å². The standard InChI is InChI=1S/C5H6N2S.C2H6/c1-4-2-3-5(8)7-6-4;1-2/h2-3H,1H3,(H,7,8);1-2H3. The van der Waals surface area contributed by atoms with E-state index < -0.39 is 0 Å². The Morgan fingerprint density at radius 2 is 2.00 bits per heavy atom. The van der Waals surface area contributed by atoms with Gasteiger partial charge in [0.15, 0.2) is 0 Å². The van der Waals surface area contributed by atoms with E-state index in [0.717, 1.165) is 5.69 Å². The maximum Gasteiger partial charge on any atom is 0.119 e. The highest BCUT2D eigenvalue weighted by molar-refractivity contribution is 7.71. The lowest BCUT2D eigenvalue weighted by Gasteiger charge is -1.84. The van der Waals surface area contributed by atoms with Crippen LogP contribution in [0.3, 0.4) is 0 Å². The van der Waals surface area contributed by atoms with Crippen molar-refractivity contribution in [3.8, 4) is 0 Å². The second-order valence-electron chi connectivity index (χ2n) is 1.56. The minimum Gasteiger partial charge on any atom is -0.268 e. The molecule has 0 aliphatic heterocycles. The zero-order valence-corrected chi connectivity index (χ0v) is 7.33. The van der Waals surface area contributed by atoms with E-state index in [1.807, 2.05) is 32.9 Å². The van der Waals surface area contributed by atoms with E-state index in [-0.39, 0.29) is 0 Å². The van der Waals surface area contributed by atoms with Crippen molar-refractivity contribution in [2.45, 2.75) is 20.8 Å². The molecule has 0 aliphatic carbocycles. The van der Waals surface area contributed by atoms with E-state index in [9.17, 15) is 0 Å². The molecule has 0 saturated carbocycles. The fraction of sp³-hybridized carbons (Fsp3) is 0.429. The Morgan fingerprint density at radius 1 is 1.40 bits per heavy atom. The predicted molar refractivity (Wildman–Crippen MR) is 45.5 cm³/mol. The van der Waals surface area contributed by atoms with Gasteiger partial charge in [0.1, 0.15) is 4.64 Å². The lowest BCUT2D eigenvalue weighted by molar-refractivity contribution is 0.968. The van der Waals surface area contributed by atoms with Crippen molar-refractivity contribution in [3.63, 3.8) is 0 Å². The second kappa shape index (κ2) is 5.11. The van der Waals surface area contributed by atoms with Gasteiger partial charge in [-0.3, -0.25) is 5.10 Å². The van der Waals surface area contributed by atoms with Crippen molar-refractivity contribution in [2.24, 2.45) is 0 Å². The van der Waals surface area contributed by atoms with Crippen LogP contribution in [0.25, 0.3) is 0 Å². The molecule has 3 heteroatoms. The average molecular weight is 156 g/mol. The molecule has 0 fully saturated rings. The molecule has 1 rings (SSSR count). The molecule has 1 heterocycles. The molecule has 1 aromatic heterocycles. The molecule has 1 aromatic rings. The molecule has 0 bridgehead atoms. The van der Waals surface area contributed by atoms with Crippen LogP contribution in [0.5, 0.6) is 0 Å². The van der Waals surface area contributed by atoms with Gasteiger partial charge < -0.3 is 0 Å². The minimum atomic E-state index is 0.676. The number of aromatic nitrogens is 2. The smallest absolute Gasteiger partial charge is 0.119 e. The van der Waals surface area contributed by atoms with Crippen molar-refractivity contribution in [1.29, 1.82) is 0 Å². The Balaban J connectivity index is 0.000000371. The Morgan fingerprint density at radius 3 is 2.30 bits per heavy atom. The van der Waals surface area contributed by atoms with E-state index in [4.69, 9.17) is 12.2 Å². The summed E-state index contributed by atoms with van der Waals surface area (Å²) in [5.74, 6) is 0. The predicted octanol–water partition coefficient (Wildman–Crippen LogP) is 2.47. The van der Waals surface area contributed by atoms with Crippen molar-refractivity contribution in [1.82, 2.24) is 10.2 Å². The first kappa shape index (κ1) is 9.30. The van der Waals surface area contributed by atoms with Crippen LogP contribution in [0.15, 0.2) is 12.1 Å². The third-order valence-corrected chi connectivity index (χ3v) is 1.05. The van der Waals surface area contributed by atoms with E-state index in [2.05, 4.69) is 10.2 Å². The number of nitrogens with zero attached hydrogens (tertiary/aromatic N) is 1. The van der Waals surface area contributed by atoms with E-state index in [1.54, 1.807) is 0 Å². The first-order valence-electron chi connectivity index (χ1n) is 3.31. The first-order valence-corrected chi connectivity index (χ1v) is 3.72. The second-order valence-corrected chi connectivity index (χ2v) is 2.00. The molecular formula is C7H12N2S. The molecule has 0 amide bonds. The third-order valence-electron chi connectivity index (χ3n) is 0.818.